The van der Waals surface area contributed by atoms with Crippen molar-refractivity contribution in [2.24, 2.45) is 0 Å². The van der Waals surface area contributed by atoms with Gasteiger partial charge < -0.3 is 9.47 Å². The van der Waals surface area contributed by atoms with Crippen molar-refractivity contribution in [1.29, 1.82) is 0 Å². The Bertz CT molecular complexity index is 1260. The molecule has 186 valence electrons. The molecule has 0 unspecified atom stereocenters. The van der Waals surface area contributed by atoms with E-state index in [9.17, 15) is 9.59 Å². The number of ether oxygens (including phenoxy) is 2. The van der Waals surface area contributed by atoms with Gasteiger partial charge >= 0.3 is 11.9 Å². The third-order valence-corrected chi connectivity index (χ3v) is 6.10. The van der Waals surface area contributed by atoms with E-state index < -0.39 is 0 Å². The third kappa shape index (κ3) is 5.88. The van der Waals surface area contributed by atoms with Crippen LogP contribution in [0.5, 0.6) is 0 Å². The lowest BCUT2D eigenvalue weighted by molar-refractivity contribution is 0.0491. The highest BCUT2D eigenvalue weighted by molar-refractivity contribution is 6.06. The molecule has 0 atom stereocenters. The Labute approximate surface area is 211 Å². The summed E-state index contributed by atoms with van der Waals surface area (Å²) in [7, 11) is 0. The summed E-state index contributed by atoms with van der Waals surface area (Å²) in [5.41, 5.74) is 3.19. The maximum atomic E-state index is 13.0. The number of hydrogen-bond acceptors (Lipinski definition) is 6. The highest BCUT2D eigenvalue weighted by Crippen LogP contribution is 2.28. The van der Waals surface area contributed by atoms with Gasteiger partial charge in [0.15, 0.2) is 0 Å². The topological polar surface area (TPSA) is 78.4 Å². The lowest BCUT2D eigenvalue weighted by atomic mass is 10.0. The van der Waals surface area contributed by atoms with Gasteiger partial charge in [-0.1, -0.05) is 75.9 Å². The number of nitrogens with zero attached hydrogens (tertiary/aromatic N) is 2. The van der Waals surface area contributed by atoms with Crippen LogP contribution in [-0.4, -0.2) is 35.1 Å². The first kappa shape index (κ1) is 25.3. The molecule has 36 heavy (non-hydrogen) atoms. The van der Waals surface area contributed by atoms with Gasteiger partial charge in [0, 0.05) is 10.8 Å². The Morgan fingerprint density at radius 1 is 0.639 bits per heavy atom. The molecular formula is C30H32N2O4. The molecule has 2 aromatic heterocycles. The summed E-state index contributed by atoms with van der Waals surface area (Å²) in [4.78, 5) is 35.6. The molecule has 0 saturated heterocycles. The van der Waals surface area contributed by atoms with Crippen molar-refractivity contribution >= 4 is 33.7 Å². The Morgan fingerprint density at radius 2 is 1.06 bits per heavy atom. The van der Waals surface area contributed by atoms with Gasteiger partial charge in [0.05, 0.1) is 46.8 Å². The summed E-state index contributed by atoms with van der Waals surface area (Å²) in [5.74, 6) is -0.774. The van der Waals surface area contributed by atoms with Gasteiger partial charge in [-0.3, -0.25) is 0 Å². The number of benzene rings is 2. The fourth-order valence-electron chi connectivity index (χ4n) is 4.14. The van der Waals surface area contributed by atoms with E-state index in [-0.39, 0.29) is 11.9 Å². The minimum absolute atomic E-state index is 0.376. The molecule has 0 N–H and O–H groups in total. The number of aromatic nitrogens is 2. The van der Waals surface area contributed by atoms with Gasteiger partial charge in [0.2, 0.25) is 0 Å². The number of para-hydroxylation sites is 2. The van der Waals surface area contributed by atoms with Crippen molar-refractivity contribution in [1.82, 2.24) is 9.97 Å². The molecule has 2 aromatic carbocycles. The fourth-order valence-corrected chi connectivity index (χ4v) is 4.14. The van der Waals surface area contributed by atoms with E-state index >= 15 is 0 Å². The second kappa shape index (κ2) is 12.2. The summed E-state index contributed by atoms with van der Waals surface area (Å²) in [6.45, 7) is 4.97. The molecule has 0 saturated carbocycles. The predicted molar refractivity (Wildman–Crippen MR) is 142 cm³/mol. The third-order valence-electron chi connectivity index (χ3n) is 6.10. The van der Waals surface area contributed by atoms with Gasteiger partial charge in [-0.05, 0) is 37.1 Å². The standard InChI is InChI=1S/C30H32N2O4/c1-3-5-11-17-35-29(33)23-19-27(31-25-15-9-7-13-21(23)25)28-20-24(30(34)36-18-12-6-4-2)22-14-8-10-16-26(22)32-28/h7-10,13-16,19-20H,3-6,11-12,17-18H2,1-2H3. The van der Waals surface area contributed by atoms with Crippen LogP contribution in [0.4, 0.5) is 0 Å². The van der Waals surface area contributed by atoms with E-state index in [4.69, 9.17) is 19.4 Å². The van der Waals surface area contributed by atoms with Crippen LogP contribution in [-0.2, 0) is 9.47 Å². The molecule has 0 aliphatic carbocycles. The Hall–Kier alpha value is -3.80. The lowest BCUT2D eigenvalue weighted by Crippen LogP contribution is -2.09. The van der Waals surface area contributed by atoms with E-state index in [1.54, 1.807) is 12.1 Å². The molecule has 4 aromatic rings. The van der Waals surface area contributed by atoms with Crippen LogP contribution in [0.3, 0.4) is 0 Å². The molecule has 0 amide bonds. The van der Waals surface area contributed by atoms with Crippen molar-refractivity contribution in [3.63, 3.8) is 0 Å². The maximum Gasteiger partial charge on any atom is 0.338 e. The molecule has 2 heterocycles. The Morgan fingerprint density at radius 3 is 1.47 bits per heavy atom. The van der Waals surface area contributed by atoms with Crippen LogP contribution in [0.25, 0.3) is 33.2 Å². The number of carbonyl (C=O) groups is 2. The number of carbonyl (C=O) groups excluding carboxylic acids is 2. The zero-order chi connectivity index (χ0) is 25.3. The van der Waals surface area contributed by atoms with E-state index in [2.05, 4.69) is 13.8 Å². The van der Waals surface area contributed by atoms with Crippen LogP contribution in [0, 0.1) is 0 Å². The predicted octanol–water partition coefficient (Wildman–Crippen LogP) is 7.14. The van der Waals surface area contributed by atoms with Crippen LogP contribution in [0.1, 0.15) is 73.1 Å². The van der Waals surface area contributed by atoms with Crippen LogP contribution in [0.2, 0.25) is 0 Å². The highest BCUT2D eigenvalue weighted by atomic mass is 16.5. The smallest absolute Gasteiger partial charge is 0.338 e. The summed E-state index contributed by atoms with van der Waals surface area (Å²) in [5, 5.41) is 1.44. The van der Waals surface area contributed by atoms with Crippen molar-refractivity contribution in [3.8, 4) is 11.4 Å². The number of fused-ring (bicyclic) bond motifs is 2. The molecule has 6 nitrogen and oxygen atoms in total. The molecule has 0 radical (unpaired) electrons. The molecule has 0 fully saturated rings. The van der Waals surface area contributed by atoms with Crippen molar-refractivity contribution in [2.45, 2.75) is 52.4 Å². The summed E-state index contributed by atoms with van der Waals surface area (Å²) >= 11 is 0. The van der Waals surface area contributed by atoms with Gasteiger partial charge in [-0.25, -0.2) is 19.6 Å². The van der Waals surface area contributed by atoms with Gasteiger partial charge in [-0.15, -0.1) is 0 Å². The average Bonchev–Trinajstić information content (AvgIpc) is 2.92. The SMILES string of the molecule is CCCCCOC(=O)c1cc(-c2cc(C(=O)OCCCCC)c3ccccc3n2)nc2ccccc12. The van der Waals surface area contributed by atoms with Gasteiger partial charge in [0.25, 0.3) is 0 Å². The van der Waals surface area contributed by atoms with Gasteiger partial charge in [-0.2, -0.15) is 0 Å². The number of hydrogen-bond donors (Lipinski definition) is 0. The van der Waals surface area contributed by atoms with E-state index in [0.717, 1.165) is 49.3 Å². The first-order chi connectivity index (χ1) is 17.6. The minimum Gasteiger partial charge on any atom is -0.462 e. The van der Waals surface area contributed by atoms with Crippen LogP contribution < -0.4 is 0 Å². The average molecular weight is 485 g/mol. The number of esters is 2. The zero-order valence-corrected chi connectivity index (χ0v) is 21.0. The van der Waals surface area contributed by atoms with Crippen LogP contribution >= 0.6 is 0 Å². The quantitative estimate of drug-likeness (QED) is 0.166. The summed E-state index contributed by atoms with van der Waals surface area (Å²) in [6, 6.07) is 18.4. The monoisotopic (exact) mass is 484 g/mol. The number of pyridine rings is 2. The molecule has 0 aliphatic rings. The van der Waals surface area contributed by atoms with E-state index in [1.807, 2.05) is 48.5 Å². The van der Waals surface area contributed by atoms with Crippen molar-refractivity contribution < 1.29 is 19.1 Å². The second-order valence-corrected chi connectivity index (χ2v) is 8.83. The second-order valence-electron chi connectivity index (χ2n) is 8.83. The molecule has 0 spiro atoms. The maximum absolute atomic E-state index is 13.0. The first-order valence-corrected chi connectivity index (χ1v) is 12.8. The minimum atomic E-state index is -0.387. The fraction of sp³-hybridized carbons (Fsp3) is 0.333. The van der Waals surface area contributed by atoms with Crippen molar-refractivity contribution in [3.05, 3.63) is 71.8 Å². The summed E-state index contributed by atoms with van der Waals surface area (Å²) in [6.07, 6.45) is 5.78. The highest BCUT2D eigenvalue weighted by Gasteiger charge is 2.19. The molecule has 0 bridgehead atoms. The lowest BCUT2D eigenvalue weighted by Gasteiger charge is -2.12. The van der Waals surface area contributed by atoms with E-state index in [1.165, 1.54) is 0 Å². The summed E-state index contributed by atoms with van der Waals surface area (Å²) < 4.78 is 11.1. The Kier molecular flexibility index (Phi) is 8.61. The molecule has 0 aliphatic heterocycles. The van der Waals surface area contributed by atoms with Crippen molar-refractivity contribution in [2.75, 3.05) is 13.2 Å². The largest absolute Gasteiger partial charge is 0.462 e. The zero-order valence-electron chi connectivity index (χ0n) is 21.0. The number of rotatable bonds is 11. The normalized spacial score (nSPS) is 11.1. The number of unbranched alkanes of at least 4 members (excludes halogenated alkanes) is 4. The van der Waals surface area contributed by atoms with E-state index in [0.29, 0.717) is 46.8 Å². The first-order valence-electron chi connectivity index (χ1n) is 12.8. The Balaban J connectivity index is 1.75. The molecule has 6 heteroatoms. The van der Waals surface area contributed by atoms with Crippen LogP contribution in [0.15, 0.2) is 60.7 Å². The molecular weight excluding hydrogens is 452 g/mol. The molecule has 4 rings (SSSR count). The van der Waals surface area contributed by atoms with Gasteiger partial charge in [0.1, 0.15) is 0 Å².